The Morgan fingerprint density at radius 1 is 1.37 bits per heavy atom. The SMILES string of the molecule is O=C(O)C=Cc1ccc(NS(=O)(=O)C(F)F)cc1F. The zero-order valence-electron chi connectivity index (χ0n) is 9.18. The normalized spacial score (nSPS) is 12.0. The zero-order chi connectivity index (χ0) is 14.6. The molecule has 0 aliphatic rings. The monoisotopic (exact) mass is 295 g/mol. The van der Waals surface area contributed by atoms with Gasteiger partial charge in [-0.1, -0.05) is 0 Å². The first-order valence-electron chi connectivity index (χ1n) is 4.73. The number of rotatable bonds is 5. The van der Waals surface area contributed by atoms with Crippen LogP contribution in [0.4, 0.5) is 18.9 Å². The van der Waals surface area contributed by atoms with E-state index in [1.165, 1.54) is 4.72 Å². The van der Waals surface area contributed by atoms with Crippen molar-refractivity contribution in [3.63, 3.8) is 0 Å². The van der Waals surface area contributed by atoms with Gasteiger partial charge in [-0.15, -0.1) is 0 Å². The Bertz CT molecular complexity index is 613. The van der Waals surface area contributed by atoms with Gasteiger partial charge in [0.1, 0.15) is 5.82 Å². The van der Waals surface area contributed by atoms with Crippen molar-refractivity contribution in [1.29, 1.82) is 0 Å². The summed E-state index contributed by atoms with van der Waals surface area (Å²) in [7, 11) is -4.87. The minimum atomic E-state index is -4.87. The van der Waals surface area contributed by atoms with E-state index in [1.54, 1.807) is 0 Å². The smallest absolute Gasteiger partial charge is 0.355 e. The number of nitrogens with one attached hydrogen (secondary N) is 1. The Labute approximate surface area is 106 Å². The molecule has 0 bridgehead atoms. The molecule has 5 nitrogen and oxygen atoms in total. The van der Waals surface area contributed by atoms with Crippen LogP contribution in [0.1, 0.15) is 5.56 Å². The molecule has 2 N–H and O–H groups in total. The van der Waals surface area contributed by atoms with Crippen LogP contribution in [0, 0.1) is 5.82 Å². The highest BCUT2D eigenvalue weighted by Gasteiger charge is 2.23. The fraction of sp³-hybridized carbons (Fsp3) is 0.100. The fourth-order valence-electron chi connectivity index (χ4n) is 1.10. The summed E-state index contributed by atoms with van der Waals surface area (Å²) in [6.45, 7) is 0. The van der Waals surface area contributed by atoms with E-state index in [0.29, 0.717) is 12.1 Å². The predicted molar refractivity (Wildman–Crippen MR) is 61.6 cm³/mol. The standard InChI is InChI=1S/C10H8F3NO4S/c11-8-5-7(14-19(17,18)10(12)13)3-1-6(8)2-4-9(15)16/h1-5,10,14H,(H,15,16). The van der Waals surface area contributed by atoms with Crippen LogP contribution < -0.4 is 4.72 Å². The molecule has 9 heteroatoms. The van der Waals surface area contributed by atoms with Gasteiger partial charge in [0.25, 0.3) is 10.0 Å². The van der Waals surface area contributed by atoms with Crippen LogP contribution in [-0.4, -0.2) is 25.3 Å². The van der Waals surface area contributed by atoms with Gasteiger partial charge in [-0.25, -0.2) is 17.6 Å². The summed E-state index contributed by atoms with van der Waals surface area (Å²) in [6, 6.07) is 2.75. The molecule has 19 heavy (non-hydrogen) atoms. The second kappa shape index (κ2) is 5.74. The van der Waals surface area contributed by atoms with E-state index in [4.69, 9.17) is 5.11 Å². The van der Waals surface area contributed by atoms with Gasteiger partial charge in [0.05, 0.1) is 5.69 Å². The predicted octanol–water partition coefficient (Wildman–Crippen LogP) is 1.89. The van der Waals surface area contributed by atoms with E-state index < -0.39 is 27.6 Å². The van der Waals surface area contributed by atoms with E-state index in [0.717, 1.165) is 18.2 Å². The van der Waals surface area contributed by atoms with E-state index in [9.17, 15) is 26.4 Å². The lowest BCUT2D eigenvalue weighted by atomic mass is 10.2. The van der Waals surface area contributed by atoms with Crippen LogP contribution in [0.25, 0.3) is 6.08 Å². The maximum absolute atomic E-state index is 13.4. The summed E-state index contributed by atoms with van der Waals surface area (Å²) in [6.07, 6.45) is 1.63. The van der Waals surface area contributed by atoms with Crippen molar-refractivity contribution in [3.05, 3.63) is 35.7 Å². The molecule has 0 fully saturated rings. The number of benzene rings is 1. The molecule has 0 unspecified atom stereocenters. The highest BCUT2D eigenvalue weighted by Crippen LogP contribution is 2.18. The summed E-state index contributed by atoms with van der Waals surface area (Å²) in [5.41, 5.74) is -0.507. The Morgan fingerprint density at radius 2 is 2.00 bits per heavy atom. The Balaban J connectivity index is 2.98. The van der Waals surface area contributed by atoms with Gasteiger partial charge < -0.3 is 5.11 Å². The van der Waals surface area contributed by atoms with Crippen LogP contribution in [0.5, 0.6) is 0 Å². The first-order chi connectivity index (χ1) is 8.72. The molecule has 0 aliphatic heterocycles. The Kier molecular flexibility index (Phi) is 4.54. The molecule has 0 atom stereocenters. The molecule has 0 radical (unpaired) electrons. The van der Waals surface area contributed by atoms with Crippen molar-refractivity contribution in [2.45, 2.75) is 5.76 Å². The first kappa shape index (κ1) is 15.0. The maximum Gasteiger partial charge on any atom is 0.355 e. The largest absolute Gasteiger partial charge is 0.478 e. The lowest BCUT2D eigenvalue weighted by molar-refractivity contribution is -0.131. The summed E-state index contributed by atoms with van der Waals surface area (Å²) in [5, 5.41) is 8.35. The third-order valence-corrected chi connectivity index (χ3v) is 2.89. The second-order valence-electron chi connectivity index (χ2n) is 3.32. The van der Waals surface area contributed by atoms with E-state index in [1.807, 2.05) is 0 Å². The first-order valence-corrected chi connectivity index (χ1v) is 6.27. The summed E-state index contributed by atoms with van der Waals surface area (Å²) in [5.74, 6) is -5.88. The number of anilines is 1. The molecule has 1 aromatic rings. The number of carboxylic acid groups (broad SMARTS) is 1. The third kappa shape index (κ3) is 4.28. The van der Waals surface area contributed by atoms with E-state index in [-0.39, 0.29) is 11.3 Å². The summed E-state index contributed by atoms with van der Waals surface area (Å²) in [4.78, 5) is 10.2. The second-order valence-corrected chi connectivity index (χ2v) is 4.97. The van der Waals surface area contributed by atoms with Crippen LogP contribution >= 0.6 is 0 Å². The molecule has 1 rings (SSSR count). The van der Waals surface area contributed by atoms with Gasteiger partial charge in [0.2, 0.25) is 0 Å². The number of halogens is 3. The van der Waals surface area contributed by atoms with Crippen molar-refractivity contribution >= 4 is 27.8 Å². The molecule has 0 saturated heterocycles. The quantitative estimate of drug-likeness (QED) is 0.812. The van der Waals surface area contributed by atoms with Crippen molar-refractivity contribution in [1.82, 2.24) is 0 Å². The number of carboxylic acids is 1. The third-order valence-electron chi connectivity index (χ3n) is 1.90. The minimum Gasteiger partial charge on any atom is -0.478 e. The molecule has 0 aliphatic carbocycles. The number of hydrogen-bond donors (Lipinski definition) is 2. The highest BCUT2D eigenvalue weighted by molar-refractivity contribution is 7.93. The summed E-state index contributed by atoms with van der Waals surface area (Å²) < 4.78 is 60.7. The molecule has 0 spiro atoms. The highest BCUT2D eigenvalue weighted by atomic mass is 32.2. The number of hydrogen-bond acceptors (Lipinski definition) is 3. The van der Waals surface area contributed by atoms with Crippen molar-refractivity contribution < 1.29 is 31.5 Å². The molecular weight excluding hydrogens is 287 g/mol. The molecule has 0 amide bonds. The lowest BCUT2D eigenvalue weighted by Crippen LogP contribution is -2.20. The van der Waals surface area contributed by atoms with Gasteiger partial charge in [0, 0.05) is 11.6 Å². The van der Waals surface area contributed by atoms with Gasteiger partial charge in [-0.05, 0) is 24.3 Å². The molecule has 0 aromatic heterocycles. The van der Waals surface area contributed by atoms with E-state index in [2.05, 4.69) is 0 Å². The van der Waals surface area contributed by atoms with Crippen LogP contribution in [-0.2, 0) is 14.8 Å². The van der Waals surface area contributed by atoms with Crippen LogP contribution in [0.15, 0.2) is 24.3 Å². The average molecular weight is 295 g/mol. The van der Waals surface area contributed by atoms with Gasteiger partial charge in [-0.3, -0.25) is 4.72 Å². The lowest BCUT2D eigenvalue weighted by Gasteiger charge is -2.07. The maximum atomic E-state index is 13.4. The van der Waals surface area contributed by atoms with E-state index >= 15 is 0 Å². The fourth-order valence-corrected chi connectivity index (χ4v) is 1.64. The molecule has 104 valence electrons. The molecule has 0 heterocycles. The van der Waals surface area contributed by atoms with Gasteiger partial charge in [-0.2, -0.15) is 8.78 Å². The molecule has 0 saturated carbocycles. The van der Waals surface area contributed by atoms with Crippen LogP contribution in [0.2, 0.25) is 0 Å². The Morgan fingerprint density at radius 3 is 2.47 bits per heavy atom. The molecule has 1 aromatic carbocycles. The van der Waals surface area contributed by atoms with Gasteiger partial charge >= 0.3 is 11.7 Å². The van der Waals surface area contributed by atoms with Crippen LogP contribution in [0.3, 0.4) is 0 Å². The minimum absolute atomic E-state index is 0.123. The summed E-state index contributed by atoms with van der Waals surface area (Å²) >= 11 is 0. The van der Waals surface area contributed by atoms with Crippen molar-refractivity contribution in [2.75, 3.05) is 4.72 Å². The number of carbonyl (C=O) groups is 1. The van der Waals surface area contributed by atoms with Crippen molar-refractivity contribution in [3.8, 4) is 0 Å². The number of sulfonamides is 1. The van der Waals surface area contributed by atoms with Crippen molar-refractivity contribution in [2.24, 2.45) is 0 Å². The Hall–Kier alpha value is -2.03. The number of alkyl halides is 2. The van der Waals surface area contributed by atoms with Gasteiger partial charge in [0.15, 0.2) is 0 Å². The topological polar surface area (TPSA) is 83.5 Å². The number of aliphatic carboxylic acids is 1. The zero-order valence-corrected chi connectivity index (χ0v) is 9.99. The average Bonchev–Trinajstić information content (AvgIpc) is 2.26. The molecular formula is C10H8F3NO4S.